The van der Waals surface area contributed by atoms with Gasteiger partial charge in [-0.3, -0.25) is 19.2 Å². The van der Waals surface area contributed by atoms with Crippen molar-refractivity contribution in [2.45, 2.75) is 69.2 Å². The van der Waals surface area contributed by atoms with Crippen LogP contribution in [-0.4, -0.2) is 77.1 Å². The number of fused-ring (bicyclic) bond motifs is 1. The van der Waals surface area contributed by atoms with Crippen molar-refractivity contribution >= 4 is 24.2 Å². The van der Waals surface area contributed by atoms with Crippen molar-refractivity contribution in [2.75, 3.05) is 13.7 Å². The molecule has 4 rings (SSSR count). The molecule has 0 aromatic heterocycles. The number of rotatable bonds is 9. The lowest BCUT2D eigenvalue weighted by molar-refractivity contribution is -0.144. The fourth-order valence-electron chi connectivity index (χ4n) is 5.73. The minimum atomic E-state index is -0.864. The molecule has 2 aromatic rings. The Hall–Kier alpha value is -3.76. The normalized spacial score (nSPS) is 22.8. The highest BCUT2D eigenvalue weighted by Gasteiger charge is 2.47. The van der Waals surface area contributed by atoms with Crippen molar-refractivity contribution in [1.29, 1.82) is 0 Å². The van der Waals surface area contributed by atoms with Gasteiger partial charge in [-0.25, -0.2) is 0 Å². The SMILES string of the molecule is CC[C@H](NC)C(=O)N[C@@H]1C(=O)N2[C@@H](CC[C@@H]1CO)CC[C@H]2C(=O)NC(c1ccccc1)c1ccccc1.O=CO. The first-order valence-electron chi connectivity index (χ1n) is 13.8. The van der Waals surface area contributed by atoms with Crippen LogP contribution in [0.4, 0.5) is 0 Å². The first-order chi connectivity index (χ1) is 19.4. The zero-order valence-corrected chi connectivity index (χ0v) is 23.0. The van der Waals surface area contributed by atoms with Gasteiger partial charge in [0.05, 0.1) is 12.1 Å². The predicted molar refractivity (Wildman–Crippen MR) is 150 cm³/mol. The van der Waals surface area contributed by atoms with Crippen LogP contribution < -0.4 is 16.0 Å². The van der Waals surface area contributed by atoms with Crippen LogP contribution in [0.3, 0.4) is 0 Å². The summed E-state index contributed by atoms with van der Waals surface area (Å²) in [6.45, 7) is 1.44. The van der Waals surface area contributed by atoms with E-state index < -0.39 is 18.1 Å². The summed E-state index contributed by atoms with van der Waals surface area (Å²) in [7, 11) is 1.71. The number of hydrogen-bond acceptors (Lipinski definition) is 6. The first-order valence-corrected chi connectivity index (χ1v) is 13.8. The van der Waals surface area contributed by atoms with E-state index in [0.29, 0.717) is 25.7 Å². The predicted octanol–water partition coefficient (Wildman–Crippen LogP) is 1.84. The van der Waals surface area contributed by atoms with Gasteiger partial charge in [0, 0.05) is 18.6 Å². The molecule has 0 bridgehead atoms. The lowest BCUT2D eigenvalue weighted by atomic mass is 9.93. The van der Waals surface area contributed by atoms with Gasteiger partial charge < -0.3 is 31.1 Å². The van der Waals surface area contributed by atoms with E-state index in [9.17, 15) is 19.5 Å². The third-order valence-corrected chi connectivity index (χ3v) is 7.83. The van der Waals surface area contributed by atoms with Crippen molar-refractivity contribution in [3.8, 4) is 0 Å². The Morgan fingerprint density at radius 3 is 2.05 bits per heavy atom. The number of aliphatic hydroxyl groups is 1. The zero-order valence-electron chi connectivity index (χ0n) is 23.0. The van der Waals surface area contributed by atoms with Crippen LogP contribution in [0.1, 0.15) is 56.2 Å². The van der Waals surface area contributed by atoms with E-state index in [-0.39, 0.29) is 48.8 Å². The van der Waals surface area contributed by atoms with Crippen LogP contribution in [0.15, 0.2) is 60.7 Å². The van der Waals surface area contributed by atoms with Crippen molar-refractivity contribution in [3.63, 3.8) is 0 Å². The molecule has 2 aromatic carbocycles. The lowest BCUT2D eigenvalue weighted by Crippen LogP contribution is -2.58. The maximum Gasteiger partial charge on any atom is 0.290 e. The van der Waals surface area contributed by atoms with Crippen LogP contribution in [0.5, 0.6) is 0 Å². The van der Waals surface area contributed by atoms with E-state index in [1.54, 1.807) is 11.9 Å². The van der Waals surface area contributed by atoms with Gasteiger partial charge in [-0.1, -0.05) is 67.6 Å². The van der Waals surface area contributed by atoms with Gasteiger partial charge >= 0.3 is 0 Å². The number of benzene rings is 2. The molecule has 2 fully saturated rings. The van der Waals surface area contributed by atoms with Gasteiger partial charge in [-0.05, 0) is 50.3 Å². The van der Waals surface area contributed by atoms with Crippen LogP contribution >= 0.6 is 0 Å². The molecule has 40 heavy (non-hydrogen) atoms. The van der Waals surface area contributed by atoms with Crippen LogP contribution in [-0.2, 0) is 19.2 Å². The zero-order chi connectivity index (χ0) is 29.1. The number of nitrogens with zero attached hydrogens (tertiary/aromatic N) is 1. The molecule has 5 atom stereocenters. The molecule has 5 N–H and O–H groups in total. The topological polar surface area (TPSA) is 148 Å². The molecule has 0 aliphatic carbocycles. The maximum atomic E-state index is 13.9. The van der Waals surface area contributed by atoms with Gasteiger partial charge in [0.15, 0.2) is 0 Å². The van der Waals surface area contributed by atoms with Crippen LogP contribution in [0.2, 0.25) is 0 Å². The number of likely N-dealkylation sites (N-methyl/N-ethyl adjacent to an activating group) is 1. The summed E-state index contributed by atoms with van der Waals surface area (Å²) in [6, 6.07) is 17.2. The smallest absolute Gasteiger partial charge is 0.290 e. The molecule has 2 saturated heterocycles. The van der Waals surface area contributed by atoms with Crippen molar-refractivity contribution in [3.05, 3.63) is 71.8 Å². The molecule has 10 nitrogen and oxygen atoms in total. The molecule has 2 heterocycles. The van der Waals surface area contributed by atoms with E-state index in [0.717, 1.165) is 17.5 Å². The second-order valence-corrected chi connectivity index (χ2v) is 10.1. The number of carbonyl (C=O) groups is 4. The molecule has 0 unspecified atom stereocenters. The van der Waals surface area contributed by atoms with E-state index in [1.165, 1.54) is 0 Å². The highest BCUT2D eigenvalue weighted by molar-refractivity contribution is 5.94. The van der Waals surface area contributed by atoms with Gasteiger partial charge in [0.1, 0.15) is 12.1 Å². The Morgan fingerprint density at radius 2 is 1.55 bits per heavy atom. The second kappa shape index (κ2) is 15.1. The monoisotopic (exact) mass is 552 g/mol. The van der Waals surface area contributed by atoms with Crippen LogP contribution in [0.25, 0.3) is 0 Å². The van der Waals surface area contributed by atoms with Crippen molar-refractivity contribution in [1.82, 2.24) is 20.9 Å². The Morgan fingerprint density at radius 1 is 1.00 bits per heavy atom. The summed E-state index contributed by atoms with van der Waals surface area (Å²) in [5, 5.41) is 26.0. The van der Waals surface area contributed by atoms with Gasteiger partial charge in [0.25, 0.3) is 6.47 Å². The third kappa shape index (κ3) is 7.25. The standard InChI is InChI=1S/C29H38N4O4.CH2O2/c1-3-23(30-2)27(35)32-26-21(18-34)14-15-22-16-17-24(33(22)29(26)37)28(36)31-25(19-10-6-4-7-11-19)20-12-8-5-9-13-20;2-1-3/h4-13,21-26,30,34H,3,14-18H2,1-2H3,(H,31,36)(H,32,35);1H,(H,2,3)/t21-,22+,23+,24+,26+;/m1./s1. The van der Waals surface area contributed by atoms with Crippen molar-refractivity contribution < 1.29 is 29.4 Å². The molecule has 0 saturated carbocycles. The number of hydrogen-bond donors (Lipinski definition) is 5. The Kier molecular flexibility index (Phi) is 11.6. The quantitative estimate of drug-likeness (QED) is 0.298. The average Bonchev–Trinajstić information content (AvgIpc) is 3.36. The Bertz CT molecular complexity index is 1070. The lowest BCUT2D eigenvalue weighted by Gasteiger charge is -2.33. The molecular weight excluding hydrogens is 512 g/mol. The maximum absolute atomic E-state index is 13.9. The summed E-state index contributed by atoms with van der Waals surface area (Å²) >= 11 is 0. The molecular formula is C30H40N4O6. The van der Waals surface area contributed by atoms with Crippen molar-refractivity contribution in [2.24, 2.45) is 5.92 Å². The Balaban J connectivity index is 0.00000141. The minimum Gasteiger partial charge on any atom is -0.483 e. The van der Waals surface area contributed by atoms with E-state index in [1.807, 2.05) is 67.6 Å². The number of carbonyl (C=O) groups excluding carboxylic acids is 3. The second-order valence-electron chi connectivity index (χ2n) is 10.1. The fourth-order valence-corrected chi connectivity index (χ4v) is 5.73. The van der Waals surface area contributed by atoms with E-state index in [4.69, 9.17) is 9.90 Å². The summed E-state index contributed by atoms with van der Waals surface area (Å²) in [5.74, 6) is -1.15. The van der Waals surface area contributed by atoms with E-state index >= 15 is 0 Å². The summed E-state index contributed by atoms with van der Waals surface area (Å²) in [4.78, 5) is 50.5. The molecule has 0 spiro atoms. The Labute approximate surface area is 235 Å². The largest absolute Gasteiger partial charge is 0.483 e. The van der Waals surface area contributed by atoms with Gasteiger partial charge in [-0.15, -0.1) is 0 Å². The summed E-state index contributed by atoms with van der Waals surface area (Å²) in [6.07, 6.45) is 3.16. The number of amides is 3. The minimum absolute atomic E-state index is 0.0858. The highest BCUT2D eigenvalue weighted by atomic mass is 16.3. The van der Waals surface area contributed by atoms with Crippen LogP contribution in [0, 0.1) is 5.92 Å². The van der Waals surface area contributed by atoms with Gasteiger partial charge in [-0.2, -0.15) is 0 Å². The fraction of sp³-hybridized carbons (Fsp3) is 0.467. The molecule has 2 aliphatic rings. The molecule has 10 heteroatoms. The molecule has 2 aliphatic heterocycles. The number of carboxylic acid groups (broad SMARTS) is 1. The van der Waals surface area contributed by atoms with Gasteiger partial charge in [0.2, 0.25) is 17.7 Å². The number of nitrogens with one attached hydrogen (secondary N) is 3. The summed E-state index contributed by atoms with van der Waals surface area (Å²) in [5.41, 5.74) is 1.92. The summed E-state index contributed by atoms with van der Waals surface area (Å²) < 4.78 is 0. The average molecular weight is 553 g/mol. The molecule has 216 valence electrons. The van der Waals surface area contributed by atoms with E-state index in [2.05, 4.69) is 16.0 Å². The third-order valence-electron chi connectivity index (χ3n) is 7.83. The first kappa shape index (κ1) is 30.8. The highest BCUT2D eigenvalue weighted by Crippen LogP contribution is 2.34. The molecule has 3 amide bonds. The number of aliphatic hydroxyl groups excluding tert-OH is 1. The molecule has 0 radical (unpaired) electrons.